The Morgan fingerprint density at radius 2 is 1.57 bits per heavy atom. The standard InChI is InChI=1S/C34H30N3/c1-19-27-16-21(17-34(3,4)5)10-12-24(27)20(2)30-28(19)33-29-22(14-15-36(33)6)11-13-26-25-9-7-8-23(18-35)31(25)37(30)32(26)29/h7-16H,17H2,1-6H3/q+1. The van der Waals surface area contributed by atoms with E-state index >= 15 is 0 Å². The molecule has 0 N–H and O–H groups in total. The zero-order valence-corrected chi connectivity index (χ0v) is 22.3. The molecule has 7 rings (SSSR count). The van der Waals surface area contributed by atoms with E-state index in [0.717, 1.165) is 17.3 Å². The molecule has 0 fully saturated rings. The van der Waals surface area contributed by atoms with Crippen LogP contribution in [0.5, 0.6) is 0 Å². The first-order valence-electron chi connectivity index (χ1n) is 13.0. The predicted molar refractivity (Wildman–Crippen MR) is 155 cm³/mol. The zero-order chi connectivity index (χ0) is 25.8. The molecule has 3 heterocycles. The minimum Gasteiger partial charge on any atom is -0.306 e. The molecule has 0 aliphatic rings. The van der Waals surface area contributed by atoms with Gasteiger partial charge < -0.3 is 4.40 Å². The van der Waals surface area contributed by atoms with Gasteiger partial charge in [0, 0.05) is 16.8 Å². The number of benzene rings is 4. The quantitative estimate of drug-likeness (QED) is 0.133. The molecule has 0 amide bonds. The van der Waals surface area contributed by atoms with Crippen molar-refractivity contribution < 1.29 is 4.57 Å². The summed E-state index contributed by atoms with van der Waals surface area (Å²) in [4.78, 5) is 0. The fourth-order valence-corrected chi connectivity index (χ4v) is 6.76. The Balaban J connectivity index is 1.84. The summed E-state index contributed by atoms with van der Waals surface area (Å²) in [7, 11) is 2.16. The number of para-hydroxylation sites is 1. The Hall–Kier alpha value is -4.16. The molecule has 7 aromatic rings. The van der Waals surface area contributed by atoms with E-state index in [9.17, 15) is 5.26 Å². The summed E-state index contributed by atoms with van der Waals surface area (Å²) in [6, 6.07) is 22.3. The van der Waals surface area contributed by atoms with E-state index in [1.807, 2.05) is 12.1 Å². The Morgan fingerprint density at radius 1 is 0.811 bits per heavy atom. The van der Waals surface area contributed by atoms with Gasteiger partial charge in [-0.2, -0.15) is 5.26 Å². The van der Waals surface area contributed by atoms with Crippen LogP contribution in [0.3, 0.4) is 0 Å². The lowest BCUT2D eigenvalue weighted by Gasteiger charge is -2.20. The minimum absolute atomic E-state index is 0.227. The van der Waals surface area contributed by atoms with Crippen LogP contribution in [0.2, 0.25) is 0 Å². The maximum Gasteiger partial charge on any atom is 0.224 e. The maximum absolute atomic E-state index is 10.2. The van der Waals surface area contributed by atoms with Crippen LogP contribution < -0.4 is 4.57 Å². The van der Waals surface area contributed by atoms with Gasteiger partial charge in [0.05, 0.1) is 32.9 Å². The first-order valence-corrected chi connectivity index (χ1v) is 13.0. The highest BCUT2D eigenvalue weighted by atomic mass is 15.0. The fraction of sp³-hybridized carbons (Fsp3) is 0.235. The second kappa shape index (κ2) is 7.20. The van der Waals surface area contributed by atoms with Gasteiger partial charge in [0.2, 0.25) is 5.52 Å². The van der Waals surface area contributed by atoms with Gasteiger partial charge >= 0.3 is 0 Å². The van der Waals surface area contributed by atoms with Gasteiger partial charge in [0.1, 0.15) is 13.1 Å². The van der Waals surface area contributed by atoms with Crippen molar-refractivity contribution in [3.63, 3.8) is 0 Å². The number of pyridine rings is 2. The van der Waals surface area contributed by atoms with E-state index in [4.69, 9.17) is 0 Å². The van der Waals surface area contributed by atoms with Gasteiger partial charge in [-0.1, -0.05) is 63.2 Å². The molecule has 0 bridgehead atoms. The predicted octanol–water partition coefficient (Wildman–Crippen LogP) is 8.04. The van der Waals surface area contributed by atoms with E-state index in [1.54, 1.807) is 0 Å². The molecule has 0 atom stereocenters. The van der Waals surface area contributed by atoms with Crippen LogP contribution in [0, 0.1) is 30.6 Å². The molecule has 0 aliphatic carbocycles. The van der Waals surface area contributed by atoms with Crippen LogP contribution in [-0.4, -0.2) is 4.40 Å². The SMILES string of the molecule is Cc1c2cc(CC(C)(C)C)ccc2c(C)c2c1c1c3c(ccc4c5cccc(C#N)c5n2c43)cc[n+]1C. The van der Waals surface area contributed by atoms with Crippen molar-refractivity contribution in [1.29, 1.82) is 5.26 Å². The fourth-order valence-electron chi connectivity index (χ4n) is 6.76. The third-order valence-corrected chi connectivity index (χ3v) is 8.23. The molecule has 3 aromatic heterocycles. The molecule has 180 valence electrons. The second-order valence-corrected chi connectivity index (χ2v) is 11.9. The van der Waals surface area contributed by atoms with Gasteiger partial charge in [0.25, 0.3) is 0 Å². The lowest BCUT2D eigenvalue weighted by atomic mass is 9.86. The number of hydrogen-bond donors (Lipinski definition) is 0. The van der Waals surface area contributed by atoms with Crippen LogP contribution in [0.1, 0.15) is 43.0 Å². The normalized spacial score (nSPS) is 12.7. The third-order valence-electron chi connectivity index (χ3n) is 8.23. The smallest absolute Gasteiger partial charge is 0.224 e. The van der Waals surface area contributed by atoms with E-state index in [2.05, 4.69) is 105 Å². The van der Waals surface area contributed by atoms with Crippen molar-refractivity contribution in [2.45, 2.75) is 41.0 Å². The largest absolute Gasteiger partial charge is 0.306 e. The Kier molecular flexibility index (Phi) is 4.30. The summed E-state index contributed by atoms with van der Waals surface area (Å²) >= 11 is 0. The van der Waals surface area contributed by atoms with Crippen molar-refractivity contribution in [3.05, 3.63) is 83.0 Å². The van der Waals surface area contributed by atoms with Crippen LogP contribution in [0.4, 0.5) is 0 Å². The number of nitrogens with zero attached hydrogens (tertiary/aromatic N) is 3. The second-order valence-electron chi connectivity index (χ2n) is 11.9. The molecule has 3 heteroatoms. The molecule has 0 spiro atoms. The van der Waals surface area contributed by atoms with Gasteiger partial charge in [-0.15, -0.1) is 0 Å². The minimum atomic E-state index is 0.227. The topological polar surface area (TPSA) is 32.1 Å². The average Bonchev–Trinajstić information content (AvgIpc) is 3.21. The van der Waals surface area contributed by atoms with Crippen LogP contribution in [-0.2, 0) is 13.5 Å². The van der Waals surface area contributed by atoms with Crippen LogP contribution in [0.25, 0.3) is 59.8 Å². The number of aryl methyl sites for hydroxylation is 3. The van der Waals surface area contributed by atoms with Crippen molar-refractivity contribution in [1.82, 2.24) is 4.40 Å². The summed E-state index contributed by atoms with van der Waals surface area (Å²) in [6.45, 7) is 11.4. The van der Waals surface area contributed by atoms with Crippen molar-refractivity contribution in [2.24, 2.45) is 12.5 Å². The number of nitriles is 1. The molecule has 0 saturated heterocycles. The van der Waals surface area contributed by atoms with Gasteiger partial charge in [-0.25, -0.2) is 4.57 Å². The van der Waals surface area contributed by atoms with Crippen molar-refractivity contribution in [2.75, 3.05) is 0 Å². The Bertz CT molecular complexity index is 2130. The molecule has 4 aromatic carbocycles. The van der Waals surface area contributed by atoms with Crippen molar-refractivity contribution in [3.8, 4) is 6.07 Å². The first kappa shape index (κ1) is 22.1. The third kappa shape index (κ3) is 2.84. The van der Waals surface area contributed by atoms with Crippen molar-refractivity contribution >= 4 is 59.8 Å². The van der Waals surface area contributed by atoms with E-state index in [1.165, 1.54) is 65.6 Å². The number of hydrogen-bond acceptors (Lipinski definition) is 1. The van der Waals surface area contributed by atoms with Gasteiger partial charge in [-0.3, -0.25) is 0 Å². The Labute approximate surface area is 216 Å². The zero-order valence-electron chi connectivity index (χ0n) is 22.3. The summed E-state index contributed by atoms with van der Waals surface area (Å²) in [5, 5.41) is 18.9. The molecule has 0 saturated carbocycles. The van der Waals surface area contributed by atoms with Gasteiger partial charge in [0.15, 0.2) is 6.20 Å². The summed E-state index contributed by atoms with van der Waals surface area (Å²) in [5.41, 5.74) is 9.57. The lowest BCUT2D eigenvalue weighted by molar-refractivity contribution is -0.643. The van der Waals surface area contributed by atoms with Crippen LogP contribution in [0.15, 0.2) is 60.8 Å². The molecule has 37 heavy (non-hydrogen) atoms. The molecule has 0 radical (unpaired) electrons. The molecular formula is C34H30N3+. The summed E-state index contributed by atoms with van der Waals surface area (Å²) in [6.07, 6.45) is 3.22. The lowest BCUT2D eigenvalue weighted by Crippen LogP contribution is -2.29. The van der Waals surface area contributed by atoms with E-state index < -0.39 is 0 Å². The highest BCUT2D eigenvalue weighted by Gasteiger charge is 2.27. The summed E-state index contributed by atoms with van der Waals surface area (Å²) in [5.74, 6) is 0. The molecular weight excluding hydrogens is 450 g/mol. The number of aromatic nitrogens is 2. The summed E-state index contributed by atoms with van der Waals surface area (Å²) < 4.78 is 4.68. The maximum atomic E-state index is 10.2. The first-order chi connectivity index (χ1) is 17.7. The van der Waals surface area contributed by atoms with E-state index in [0.29, 0.717) is 5.56 Å². The average molecular weight is 481 g/mol. The molecule has 3 nitrogen and oxygen atoms in total. The van der Waals surface area contributed by atoms with Gasteiger partial charge in [-0.05, 0) is 64.6 Å². The highest BCUT2D eigenvalue weighted by Crippen LogP contribution is 2.44. The number of rotatable bonds is 1. The monoisotopic (exact) mass is 480 g/mol. The van der Waals surface area contributed by atoms with E-state index in [-0.39, 0.29) is 5.41 Å². The van der Waals surface area contributed by atoms with Crippen LogP contribution >= 0.6 is 0 Å². The highest BCUT2D eigenvalue weighted by molar-refractivity contribution is 6.29. The molecule has 0 unspecified atom stereocenters. The molecule has 0 aliphatic heterocycles. The number of fused-ring (bicyclic) bond motifs is 7. The Morgan fingerprint density at radius 3 is 2.32 bits per heavy atom.